The number of halogens is 1. The predicted molar refractivity (Wildman–Crippen MR) is 69.8 cm³/mol. The van der Waals surface area contributed by atoms with Gasteiger partial charge in [-0.1, -0.05) is 13.0 Å². The average molecular weight is 261 g/mol. The van der Waals surface area contributed by atoms with E-state index in [0.717, 1.165) is 22.6 Å². The van der Waals surface area contributed by atoms with Crippen LogP contribution in [0.25, 0.3) is 0 Å². The molecule has 0 unspecified atom stereocenters. The van der Waals surface area contributed by atoms with Crippen molar-refractivity contribution in [1.29, 1.82) is 5.26 Å². The summed E-state index contributed by atoms with van der Waals surface area (Å²) < 4.78 is 13.2. The number of nitriles is 1. The van der Waals surface area contributed by atoms with E-state index in [0.29, 0.717) is 11.6 Å². The van der Waals surface area contributed by atoms with Crippen molar-refractivity contribution >= 4 is 16.5 Å². The van der Waals surface area contributed by atoms with Crippen LogP contribution in [0.2, 0.25) is 0 Å². The second-order valence-corrected chi connectivity index (χ2v) is 4.99. The minimum atomic E-state index is -0.485. The first kappa shape index (κ1) is 12.5. The van der Waals surface area contributed by atoms with Crippen LogP contribution in [0.15, 0.2) is 18.2 Å². The number of nitrogens with two attached hydrogens (primary N) is 1. The lowest BCUT2D eigenvalue weighted by Gasteiger charge is -2.02. The minimum Gasteiger partial charge on any atom is -0.375 e. The summed E-state index contributed by atoms with van der Waals surface area (Å²) in [5, 5.41) is 9.34. The van der Waals surface area contributed by atoms with Gasteiger partial charge >= 0.3 is 0 Å². The van der Waals surface area contributed by atoms with Gasteiger partial charge in [-0.25, -0.2) is 9.37 Å². The lowest BCUT2D eigenvalue weighted by Crippen LogP contribution is -1.93. The van der Waals surface area contributed by atoms with E-state index < -0.39 is 5.82 Å². The first-order chi connectivity index (χ1) is 8.63. The smallest absolute Gasteiger partial charge is 0.180 e. The zero-order valence-electron chi connectivity index (χ0n) is 9.90. The molecule has 0 saturated carbocycles. The second-order valence-electron chi connectivity index (χ2n) is 3.88. The van der Waals surface area contributed by atoms with Crippen LogP contribution in [-0.4, -0.2) is 4.98 Å². The molecule has 0 saturated heterocycles. The number of rotatable bonds is 3. The van der Waals surface area contributed by atoms with E-state index in [9.17, 15) is 4.39 Å². The highest BCUT2D eigenvalue weighted by Crippen LogP contribution is 2.24. The zero-order valence-corrected chi connectivity index (χ0v) is 10.7. The van der Waals surface area contributed by atoms with E-state index in [-0.39, 0.29) is 5.56 Å². The molecule has 92 valence electrons. The fourth-order valence-electron chi connectivity index (χ4n) is 1.77. The van der Waals surface area contributed by atoms with Crippen molar-refractivity contribution in [3.8, 4) is 6.07 Å². The molecule has 2 N–H and O–H groups in total. The van der Waals surface area contributed by atoms with E-state index >= 15 is 0 Å². The van der Waals surface area contributed by atoms with Gasteiger partial charge in [0.05, 0.1) is 11.3 Å². The molecular formula is C13H12FN3S. The average Bonchev–Trinajstić information content (AvgIpc) is 2.72. The summed E-state index contributed by atoms with van der Waals surface area (Å²) in [5.74, 6) is -0.485. The van der Waals surface area contributed by atoms with Gasteiger partial charge in [0.25, 0.3) is 0 Å². The molecule has 0 spiro atoms. The topological polar surface area (TPSA) is 62.7 Å². The number of hydrogen-bond acceptors (Lipinski definition) is 4. The fraction of sp³-hybridized carbons (Fsp3) is 0.231. The quantitative estimate of drug-likeness (QED) is 0.924. The molecule has 1 aromatic heterocycles. The number of nitrogens with zero attached hydrogens (tertiary/aromatic N) is 2. The predicted octanol–water partition coefficient (Wildman–Crippen LogP) is 2.89. The van der Waals surface area contributed by atoms with Gasteiger partial charge in [0.15, 0.2) is 5.13 Å². The Morgan fingerprint density at radius 1 is 1.50 bits per heavy atom. The van der Waals surface area contributed by atoms with Crippen LogP contribution in [0.3, 0.4) is 0 Å². The lowest BCUT2D eigenvalue weighted by molar-refractivity contribution is 0.623. The third-order valence-corrected chi connectivity index (χ3v) is 3.57. The number of thiazole rings is 1. The Morgan fingerprint density at radius 2 is 2.28 bits per heavy atom. The van der Waals surface area contributed by atoms with Crippen LogP contribution in [0.1, 0.15) is 28.6 Å². The van der Waals surface area contributed by atoms with Crippen LogP contribution in [0, 0.1) is 17.1 Å². The summed E-state index contributed by atoms with van der Waals surface area (Å²) in [5.41, 5.74) is 7.62. The lowest BCUT2D eigenvalue weighted by atomic mass is 10.1. The fourth-order valence-corrected chi connectivity index (χ4v) is 2.73. The van der Waals surface area contributed by atoms with E-state index in [4.69, 9.17) is 11.0 Å². The Morgan fingerprint density at radius 3 is 2.94 bits per heavy atom. The molecule has 0 amide bonds. The third-order valence-electron chi connectivity index (χ3n) is 2.65. The van der Waals surface area contributed by atoms with Crippen molar-refractivity contribution in [2.24, 2.45) is 0 Å². The molecule has 5 heteroatoms. The molecule has 0 bridgehead atoms. The zero-order chi connectivity index (χ0) is 13.1. The molecule has 1 heterocycles. The maximum atomic E-state index is 13.2. The maximum absolute atomic E-state index is 13.2. The van der Waals surface area contributed by atoms with Crippen molar-refractivity contribution in [3.63, 3.8) is 0 Å². The molecule has 18 heavy (non-hydrogen) atoms. The number of aromatic nitrogens is 1. The monoisotopic (exact) mass is 261 g/mol. The summed E-state index contributed by atoms with van der Waals surface area (Å²) in [7, 11) is 0. The highest BCUT2D eigenvalue weighted by Gasteiger charge is 2.10. The van der Waals surface area contributed by atoms with Gasteiger partial charge in [-0.05, 0) is 24.1 Å². The van der Waals surface area contributed by atoms with Gasteiger partial charge in [-0.15, -0.1) is 11.3 Å². The van der Waals surface area contributed by atoms with Gasteiger partial charge in [0.1, 0.15) is 11.9 Å². The van der Waals surface area contributed by atoms with Crippen LogP contribution < -0.4 is 5.73 Å². The van der Waals surface area contributed by atoms with Crippen molar-refractivity contribution in [2.75, 3.05) is 5.73 Å². The number of nitrogen functional groups attached to an aromatic ring is 1. The Bertz CT molecular complexity index is 613. The van der Waals surface area contributed by atoms with E-state index in [2.05, 4.69) is 4.98 Å². The molecule has 0 fully saturated rings. The first-order valence-electron chi connectivity index (χ1n) is 5.56. The van der Waals surface area contributed by atoms with Gasteiger partial charge in [0, 0.05) is 11.3 Å². The van der Waals surface area contributed by atoms with Crippen molar-refractivity contribution in [2.45, 2.75) is 19.8 Å². The van der Waals surface area contributed by atoms with Crippen LogP contribution >= 0.6 is 11.3 Å². The SMILES string of the molecule is CCc1nc(N)sc1Cc1ccc(F)c(C#N)c1. The van der Waals surface area contributed by atoms with E-state index in [1.807, 2.05) is 13.0 Å². The van der Waals surface area contributed by atoms with Gasteiger partial charge in [-0.2, -0.15) is 5.26 Å². The standard InChI is InChI=1S/C13H12FN3S/c1-2-11-12(18-13(16)17-11)6-8-3-4-10(14)9(5-8)7-15/h3-5H,2,6H2,1H3,(H2,16,17). The molecule has 0 aliphatic heterocycles. The van der Waals surface area contributed by atoms with Gasteiger partial charge in [-0.3, -0.25) is 0 Å². The van der Waals surface area contributed by atoms with Crippen LogP contribution in [0.5, 0.6) is 0 Å². The van der Waals surface area contributed by atoms with Gasteiger partial charge < -0.3 is 5.73 Å². The van der Waals surface area contributed by atoms with Crippen molar-refractivity contribution < 1.29 is 4.39 Å². The normalized spacial score (nSPS) is 10.3. The Labute approximate surface area is 109 Å². The van der Waals surface area contributed by atoms with E-state index in [1.165, 1.54) is 17.4 Å². The number of hydrogen-bond donors (Lipinski definition) is 1. The summed E-state index contributed by atoms with van der Waals surface area (Å²) in [6.07, 6.45) is 1.45. The molecule has 2 rings (SSSR count). The number of aryl methyl sites for hydroxylation is 1. The third kappa shape index (κ3) is 2.49. The molecule has 2 aromatic rings. The Balaban J connectivity index is 2.31. The highest BCUT2D eigenvalue weighted by molar-refractivity contribution is 7.15. The van der Waals surface area contributed by atoms with Gasteiger partial charge in [0.2, 0.25) is 0 Å². The Hall–Kier alpha value is -1.93. The Kier molecular flexibility index (Phi) is 3.58. The summed E-state index contributed by atoms with van der Waals surface area (Å²) in [4.78, 5) is 5.32. The molecule has 0 radical (unpaired) electrons. The van der Waals surface area contributed by atoms with Crippen LogP contribution in [0.4, 0.5) is 9.52 Å². The van der Waals surface area contributed by atoms with Crippen molar-refractivity contribution in [3.05, 3.63) is 45.7 Å². The minimum absolute atomic E-state index is 0.0723. The molecule has 1 aromatic carbocycles. The second kappa shape index (κ2) is 5.15. The first-order valence-corrected chi connectivity index (χ1v) is 6.38. The largest absolute Gasteiger partial charge is 0.375 e. The highest BCUT2D eigenvalue weighted by atomic mass is 32.1. The molecular weight excluding hydrogens is 249 g/mol. The van der Waals surface area contributed by atoms with Crippen LogP contribution in [-0.2, 0) is 12.8 Å². The number of anilines is 1. The molecule has 0 aliphatic rings. The maximum Gasteiger partial charge on any atom is 0.180 e. The summed E-state index contributed by atoms with van der Waals surface area (Å²) in [6.45, 7) is 2.02. The molecule has 3 nitrogen and oxygen atoms in total. The summed E-state index contributed by atoms with van der Waals surface area (Å²) >= 11 is 1.44. The molecule has 0 aliphatic carbocycles. The van der Waals surface area contributed by atoms with Crippen molar-refractivity contribution in [1.82, 2.24) is 4.98 Å². The van der Waals surface area contributed by atoms with E-state index in [1.54, 1.807) is 12.1 Å². The molecule has 0 atom stereocenters. The summed E-state index contributed by atoms with van der Waals surface area (Å²) in [6, 6.07) is 6.43. The number of benzene rings is 1.